The molecule has 0 atom stereocenters. The highest BCUT2D eigenvalue weighted by atomic mass is 16.5. The van der Waals surface area contributed by atoms with Crippen molar-refractivity contribution in [2.75, 3.05) is 6.61 Å². The van der Waals surface area contributed by atoms with Crippen LogP contribution in [0, 0.1) is 6.92 Å². The fraction of sp³-hybridized carbons (Fsp3) is 0.273. The number of hydrogen-bond donors (Lipinski definition) is 0. The summed E-state index contributed by atoms with van der Waals surface area (Å²) >= 11 is 0. The third kappa shape index (κ3) is 1.58. The number of hydrogen-bond acceptors (Lipinski definition) is 4. The largest absolute Gasteiger partial charge is 0.462 e. The van der Waals surface area contributed by atoms with E-state index in [1.165, 1.54) is 0 Å². The highest BCUT2D eigenvalue weighted by molar-refractivity contribution is 6.03. The highest BCUT2D eigenvalue weighted by Gasteiger charge is 2.19. The summed E-state index contributed by atoms with van der Waals surface area (Å²) in [5, 5.41) is 0.702. The highest BCUT2D eigenvalue weighted by Crippen LogP contribution is 2.24. The first kappa shape index (κ1) is 9.71. The summed E-state index contributed by atoms with van der Waals surface area (Å²) in [4.78, 5) is 15.7. The molecule has 0 aromatic carbocycles. The number of aryl methyl sites for hydroxylation is 1. The Kier molecular flexibility index (Phi) is 2.41. The van der Waals surface area contributed by atoms with E-state index in [4.69, 9.17) is 9.15 Å². The fourth-order valence-electron chi connectivity index (χ4n) is 1.51. The molecule has 0 amide bonds. The van der Waals surface area contributed by atoms with Crippen molar-refractivity contribution in [1.82, 2.24) is 4.98 Å². The van der Waals surface area contributed by atoms with Gasteiger partial charge in [0.25, 0.3) is 0 Å². The van der Waals surface area contributed by atoms with Crippen molar-refractivity contribution in [2.45, 2.75) is 13.8 Å². The minimum atomic E-state index is -0.359. The van der Waals surface area contributed by atoms with E-state index in [0.29, 0.717) is 29.0 Å². The van der Waals surface area contributed by atoms with E-state index in [-0.39, 0.29) is 5.97 Å². The standard InChI is InChI=1S/C11H11NO3/c1-3-14-11(13)9-7(2)15-10-8(9)5-4-6-12-10/h4-6H,3H2,1-2H3. The number of ether oxygens (including phenoxy) is 1. The zero-order chi connectivity index (χ0) is 10.8. The molecular formula is C11H11NO3. The van der Waals surface area contributed by atoms with Gasteiger partial charge in [0.2, 0.25) is 5.71 Å². The minimum absolute atomic E-state index is 0.352. The van der Waals surface area contributed by atoms with E-state index in [0.717, 1.165) is 0 Å². The zero-order valence-corrected chi connectivity index (χ0v) is 8.61. The van der Waals surface area contributed by atoms with Gasteiger partial charge in [-0.2, -0.15) is 0 Å². The molecule has 0 saturated heterocycles. The van der Waals surface area contributed by atoms with Crippen LogP contribution in [0.4, 0.5) is 0 Å². The lowest BCUT2D eigenvalue weighted by atomic mass is 10.2. The van der Waals surface area contributed by atoms with Crippen molar-refractivity contribution >= 4 is 17.1 Å². The molecule has 78 valence electrons. The van der Waals surface area contributed by atoms with Crippen molar-refractivity contribution in [2.24, 2.45) is 0 Å². The molecule has 2 heterocycles. The second-order valence-corrected chi connectivity index (χ2v) is 3.11. The van der Waals surface area contributed by atoms with Gasteiger partial charge in [-0.1, -0.05) is 0 Å². The number of pyridine rings is 1. The SMILES string of the molecule is CCOC(=O)c1c(C)oc2ncccc12. The fourth-order valence-corrected chi connectivity index (χ4v) is 1.51. The molecule has 15 heavy (non-hydrogen) atoms. The summed E-state index contributed by atoms with van der Waals surface area (Å²) in [6, 6.07) is 3.56. The summed E-state index contributed by atoms with van der Waals surface area (Å²) in [5.41, 5.74) is 0.943. The van der Waals surface area contributed by atoms with Crippen LogP contribution in [0.5, 0.6) is 0 Å². The number of nitrogens with zero attached hydrogens (tertiary/aromatic N) is 1. The minimum Gasteiger partial charge on any atom is -0.462 e. The van der Waals surface area contributed by atoms with Crippen LogP contribution in [0.15, 0.2) is 22.7 Å². The van der Waals surface area contributed by atoms with Crippen molar-refractivity contribution < 1.29 is 13.9 Å². The first-order chi connectivity index (χ1) is 7.24. The Morgan fingerprint density at radius 3 is 3.13 bits per heavy atom. The predicted octanol–water partition coefficient (Wildman–Crippen LogP) is 2.31. The lowest BCUT2D eigenvalue weighted by molar-refractivity contribution is 0.0526. The average Bonchev–Trinajstić information content (AvgIpc) is 2.54. The number of fused-ring (bicyclic) bond motifs is 1. The molecule has 0 unspecified atom stereocenters. The monoisotopic (exact) mass is 205 g/mol. The Labute approximate surface area is 86.9 Å². The van der Waals surface area contributed by atoms with Crippen LogP contribution in [-0.4, -0.2) is 17.6 Å². The molecule has 0 aliphatic carbocycles. The van der Waals surface area contributed by atoms with E-state index in [1.54, 1.807) is 32.2 Å². The van der Waals surface area contributed by atoms with E-state index in [2.05, 4.69) is 4.98 Å². The maximum absolute atomic E-state index is 11.6. The van der Waals surface area contributed by atoms with Gasteiger partial charge in [0.15, 0.2) is 0 Å². The molecule has 0 radical (unpaired) electrons. The van der Waals surface area contributed by atoms with E-state index >= 15 is 0 Å². The summed E-state index contributed by atoms with van der Waals surface area (Å²) < 4.78 is 10.3. The molecule has 0 fully saturated rings. The smallest absolute Gasteiger partial charge is 0.342 e. The van der Waals surface area contributed by atoms with Crippen LogP contribution in [-0.2, 0) is 4.74 Å². The van der Waals surface area contributed by atoms with Gasteiger partial charge < -0.3 is 9.15 Å². The molecule has 4 heteroatoms. The number of esters is 1. The number of rotatable bonds is 2. The van der Waals surface area contributed by atoms with E-state index < -0.39 is 0 Å². The van der Waals surface area contributed by atoms with Gasteiger partial charge in [0.05, 0.1) is 12.0 Å². The second-order valence-electron chi connectivity index (χ2n) is 3.11. The summed E-state index contributed by atoms with van der Waals surface area (Å²) in [6.45, 7) is 3.85. The third-order valence-corrected chi connectivity index (χ3v) is 2.12. The Balaban J connectivity index is 2.58. The van der Waals surface area contributed by atoms with Gasteiger partial charge >= 0.3 is 5.97 Å². The van der Waals surface area contributed by atoms with Crippen LogP contribution in [0.3, 0.4) is 0 Å². The van der Waals surface area contributed by atoms with Crippen LogP contribution < -0.4 is 0 Å². The van der Waals surface area contributed by atoms with Crippen molar-refractivity contribution in [3.8, 4) is 0 Å². The average molecular weight is 205 g/mol. The van der Waals surface area contributed by atoms with E-state index in [9.17, 15) is 4.79 Å². The number of carbonyl (C=O) groups excluding carboxylic acids is 1. The first-order valence-corrected chi connectivity index (χ1v) is 4.75. The van der Waals surface area contributed by atoms with Crippen LogP contribution in [0.25, 0.3) is 11.1 Å². The van der Waals surface area contributed by atoms with Crippen molar-refractivity contribution in [3.63, 3.8) is 0 Å². The molecule has 0 spiro atoms. The van der Waals surface area contributed by atoms with E-state index in [1.807, 2.05) is 0 Å². The number of carbonyl (C=O) groups is 1. The predicted molar refractivity (Wildman–Crippen MR) is 54.7 cm³/mol. The topological polar surface area (TPSA) is 52.3 Å². The van der Waals surface area contributed by atoms with Gasteiger partial charge in [0, 0.05) is 6.20 Å². The Bertz CT molecular complexity index is 502. The molecule has 0 N–H and O–H groups in total. The van der Waals surface area contributed by atoms with Crippen LogP contribution >= 0.6 is 0 Å². The molecule has 0 saturated carbocycles. The Morgan fingerprint density at radius 2 is 2.40 bits per heavy atom. The Hall–Kier alpha value is -1.84. The summed E-state index contributed by atoms with van der Waals surface area (Å²) in [7, 11) is 0. The Morgan fingerprint density at radius 1 is 1.60 bits per heavy atom. The zero-order valence-electron chi connectivity index (χ0n) is 8.61. The maximum Gasteiger partial charge on any atom is 0.342 e. The maximum atomic E-state index is 11.6. The molecule has 0 bridgehead atoms. The summed E-state index contributed by atoms with van der Waals surface area (Å²) in [6.07, 6.45) is 1.63. The molecular weight excluding hydrogens is 194 g/mol. The van der Waals surface area contributed by atoms with Crippen LogP contribution in [0.2, 0.25) is 0 Å². The van der Waals surface area contributed by atoms with Gasteiger partial charge in [-0.25, -0.2) is 9.78 Å². The van der Waals surface area contributed by atoms with Gasteiger partial charge in [-0.05, 0) is 26.0 Å². The van der Waals surface area contributed by atoms with Crippen LogP contribution in [0.1, 0.15) is 23.0 Å². The molecule has 2 aromatic rings. The first-order valence-electron chi connectivity index (χ1n) is 4.75. The third-order valence-electron chi connectivity index (χ3n) is 2.12. The summed E-state index contributed by atoms with van der Waals surface area (Å²) in [5.74, 6) is 0.184. The molecule has 0 aliphatic rings. The molecule has 0 aliphatic heterocycles. The van der Waals surface area contributed by atoms with Gasteiger partial charge in [-0.3, -0.25) is 0 Å². The quantitative estimate of drug-likeness (QED) is 0.706. The lowest BCUT2D eigenvalue weighted by Crippen LogP contribution is -2.05. The van der Waals surface area contributed by atoms with Crippen molar-refractivity contribution in [1.29, 1.82) is 0 Å². The molecule has 2 aromatic heterocycles. The van der Waals surface area contributed by atoms with Gasteiger partial charge in [-0.15, -0.1) is 0 Å². The van der Waals surface area contributed by atoms with Gasteiger partial charge in [0.1, 0.15) is 11.3 Å². The molecule has 2 rings (SSSR count). The second kappa shape index (κ2) is 3.73. The number of aromatic nitrogens is 1. The normalized spacial score (nSPS) is 10.5. The lowest BCUT2D eigenvalue weighted by Gasteiger charge is -1.99. The number of furan rings is 1. The molecule has 4 nitrogen and oxygen atoms in total. The van der Waals surface area contributed by atoms with Crippen molar-refractivity contribution in [3.05, 3.63) is 29.7 Å².